The van der Waals surface area contributed by atoms with E-state index in [0.717, 1.165) is 55.7 Å². The van der Waals surface area contributed by atoms with Gasteiger partial charge in [0.25, 0.3) is 0 Å². The van der Waals surface area contributed by atoms with Crippen LogP contribution in [0.5, 0.6) is 0 Å². The van der Waals surface area contributed by atoms with Crippen molar-refractivity contribution in [2.45, 2.75) is 38.8 Å². The fourth-order valence-corrected chi connectivity index (χ4v) is 3.59. The Morgan fingerprint density at radius 2 is 1.96 bits per heavy atom. The van der Waals surface area contributed by atoms with Gasteiger partial charge in [0.2, 0.25) is 11.8 Å². The Morgan fingerprint density at radius 3 is 2.71 bits per heavy atom. The molecule has 3 rings (SSSR count). The molecule has 0 radical (unpaired) electrons. The minimum absolute atomic E-state index is 0.0366. The number of para-hydroxylation sites is 1. The van der Waals surface area contributed by atoms with Crippen molar-refractivity contribution in [1.29, 1.82) is 0 Å². The van der Waals surface area contributed by atoms with Crippen LogP contribution in [-0.2, 0) is 20.7 Å². The SMILES string of the molecule is CC(=O)NC(Cc1c[nH]c2ccccc12)C(=O)NC(C)CCN1CCOCC1. The molecular weight excluding hydrogens is 356 g/mol. The molecule has 0 saturated carbocycles. The second-order valence-corrected chi connectivity index (χ2v) is 7.47. The smallest absolute Gasteiger partial charge is 0.243 e. The number of aromatic nitrogens is 1. The van der Waals surface area contributed by atoms with E-state index in [1.165, 1.54) is 6.92 Å². The third-order valence-corrected chi connectivity index (χ3v) is 5.16. The van der Waals surface area contributed by atoms with Crippen LogP contribution in [0.15, 0.2) is 30.5 Å². The molecule has 3 N–H and O–H groups in total. The topological polar surface area (TPSA) is 86.5 Å². The second-order valence-electron chi connectivity index (χ2n) is 7.47. The molecule has 1 aromatic heterocycles. The van der Waals surface area contributed by atoms with Crippen LogP contribution in [0.1, 0.15) is 25.8 Å². The Morgan fingerprint density at radius 1 is 1.21 bits per heavy atom. The molecule has 1 fully saturated rings. The first-order valence-electron chi connectivity index (χ1n) is 9.95. The molecule has 1 aliphatic rings. The van der Waals surface area contributed by atoms with Gasteiger partial charge < -0.3 is 20.4 Å². The number of morpholine rings is 1. The Kier molecular flexibility index (Phi) is 7.06. The molecule has 2 amide bonds. The fraction of sp³-hybridized carbons (Fsp3) is 0.524. The molecule has 2 heterocycles. The minimum atomic E-state index is -0.595. The highest BCUT2D eigenvalue weighted by molar-refractivity contribution is 5.89. The lowest BCUT2D eigenvalue weighted by atomic mass is 10.0. The Hall–Kier alpha value is -2.38. The average molecular weight is 386 g/mol. The summed E-state index contributed by atoms with van der Waals surface area (Å²) < 4.78 is 5.37. The lowest BCUT2D eigenvalue weighted by Crippen LogP contribution is -2.50. The van der Waals surface area contributed by atoms with Crippen LogP contribution in [0.4, 0.5) is 0 Å². The van der Waals surface area contributed by atoms with Gasteiger partial charge in [-0.15, -0.1) is 0 Å². The van der Waals surface area contributed by atoms with Gasteiger partial charge in [0.05, 0.1) is 13.2 Å². The number of nitrogens with one attached hydrogen (secondary N) is 3. The summed E-state index contributed by atoms with van der Waals surface area (Å²) in [7, 11) is 0. The molecule has 0 spiro atoms. The summed E-state index contributed by atoms with van der Waals surface area (Å²) in [6.45, 7) is 7.81. The van der Waals surface area contributed by atoms with Crippen molar-refractivity contribution < 1.29 is 14.3 Å². The van der Waals surface area contributed by atoms with Crippen LogP contribution >= 0.6 is 0 Å². The zero-order valence-corrected chi connectivity index (χ0v) is 16.7. The maximum absolute atomic E-state index is 12.8. The zero-order chi connectivity index (χ0) is 19.9. The third kappa shape index (κ3) is 5.56. The van der Waals surface area contributed by atoms with Crippen LogP contribution < -0.4 is 10.6 Å². The highest BCUT2D eigenvalue weighted by atomic mass is 16.5. The second kappa shape index (κ2) is 9.71. The van der Waals surface area contributed by atoms with Gasteiger partial charge in [0.15, 0.2) is 0 Å². The first-order valence-corrected chi connectivity index (χ1v) is 9.95. The van der Waals surface area contributed by atoms with Crippen LogP contribution in [0.3, 0.4) is 0 Å². The van der Waals surface area contributed by atoms with E-state index < -0.39 is 6.04 Å². The normalized spacial score (nSPS) is 17.2. The van der Waals surface area contributed by atoms with E-state index in [1.807, 2.05) is 37.4 Å². The van der Waals surface area contributed by atoms with Crippen molar-refractivity contribution in [2.24, 2.45) is 0 Å². The number of amides is 2. The van der Waals surface area contributed by atoms with Crippen molar-refractivity contribution in [3.63, 3.8) is 0 Å². The van der Waals surface area contributed by atoms with Crippen molar-refractivity contribution in [3.8, 4) is 0 Å². The molecule has 2 aromatic rings. The first kappa shape index (κ1) is 20.4. The number of carbonyl (C=O) groups excluding carboxylic acids is 2. The predicted molar refractivity (Wildman–Crippen MR) is 109 cm³/mol. The molecule has 1 saturated heterocycles. The minimum Gasteiger partial charge on any atom is -0.379 e. The molecule has 0 bridgehead atoms. The lowest BCUT2D eigenvalue weighted by molar-refractivity contribution is -0.128. The molecule has 0 aliphatic carbocycles. The molecular formula is C21H30N4O3. The van der Waals surface area contributed by atoms with Gasteiger partial charge in [0, 0.05) is 56.1 Å². The van der Waals surface area contributed by atoms with E-state index in [-0.39, 0.29) is 17.9 Å². The van der Waals surface area contributed by atoms with Crippen LogP contribution in [0.25, 0.3) is 10.9 Å². The number of hydrogen-bond acceptors (Lipinski definition) is 4. The fourth-order valence-electron chi connectivity index (χ4n) is 3.59. The van der Waals surface area contributed by atoms with E-state index in [4.69, 9.17) is 4.74 Å². The van der Waals surface area contributed by atoms with Gasteiger partial charge >= 0.3 is 0 Å². The van der Waals surface area contributed by atoms with Crippen molar-refractivity contribution in [2.75, 3.05) is 32.8 Å². The van der Waals surface area contributed by atoms with Gasteiger partial charge in [0.1, 0.15) is 6.04 Å². The number of ether oxygens (including phenoxy) is 1. The number of carbonyl (C=O) groups is 2. The maximum Gasteiger partial charge on any atom is 0.243 e. The molecule has 7 nitrogen and oxygen atoms in total. The number of nitrogens with zero attached hydrogens (tertiary/aromatic N) is 1. The summed E-state index contributed by atoms with van der Waals surface area (Å²) in [6, 6.07) is 7.41. The summed E-state index contributed by atoms with van der Waals surface area (Å²) in [4.78, 5) is 30.1. The van der Waals surface area contributed by atoms with Crippen molar-refractivity contribution in [3.05, 3.63) is 36.0 Å². The Bertz CT molecular complexity index is 798. The van der Waals surface area contributed by atoms with E-state index in [0.29, 0.717) is 6.42 Å². The summed E-state index contributed by atoms with van der Waals surface area (Å²) in [6.07, 6.45) is 3.23. The Balaban J connectivity index is 1.58. The van der Waals surface area contributed by atoms with Crippen molar-refractivity contribution >= 4 is 22.7 Å². The maximum atomic E-state index is 12.8. The number of benzene rings is 1. The van der Waals surface area contributed by atoms with Gasteiger partial charge in [-0.1, -0.05) is 18.2 Å². The van der Waals surface area contributed by atoms with E-state index in [2.05, 4.69) is 20.5 Å². The molecule has 2 unspecified atom stereocenters. The number of fused-ring (bicyclic) bond motifs is 1. The average Bonchev–Trinajstić information content (AvgIpc) is 3.09. The molecule has 7 heteroatoms. The largest absolute Gasteiger partial charge is 0.379 e. The zero-order valence-electron chi connectivity index (χ0n) is 16.7. The van der Waals surface area contributed by atoms with Crippen LogP contribution in [-0.4, -0.2) is 66.6 Å². The summed E-state index contributed by atoms with van der Waals surface area (Å²) in [5.74, 6) is -0.351. The van der Waals surface area contributed by atoms with Crippen LogP contribution in [0.2, 0.25) is 0 Å². The van der Waals surface area contributed by atoms with Gasteiger partial charge in [-0.3, -0.25) is 14.5 Å². The van der Waals surface area contributed by atoms with Gasteiger partial charge in [-0.2, -0.15) is 0 Å². The van der Waals surface area contributed by atoms with E-state index >= 15 is 0 Å². The molecule has 28 heavy (non-hydrogen) atoms. The lowest BCUT2D eigenvalue weighted by Gasteiger charge is -2.28. The van der Waals surface area contributed by atoms with Gasteiger partial charge in [-0.25, -0.2) is 0 Å². The summed E-state index contributed by atoms with van der Waals surface area (Å²) in [5, 5.41) is 6.94. The quantitative estimate of drug-likeness (QED) is 0.641. The van der Waals surface area contributed by atoms with Crippen molar-refractivity contribution in [1.82, 2.24) is 20.5 Å². The predicted octanol–water partition coefficient (Wildman–Crippen LogP) is 1.44. The molecule has 1 aliphatic heterocycles. The van der Waals surface area contributed by atoms with E-state index in [1.54, 1.807) is 0 Å². The number of H-pyrrole nitrogens is 1. The number of hydrogen-bond donors (Lipinski definition) is 3. The first-order chi connectivity index (χ1) is 13.5. The molecule has 1 aromatic carbocycles. The standard InChI is InChI=1S/C21H30N4O3/c1-15(7-8-25-9-11-28-12-10-25)23-21(27)20(24-16(2)26)13-17-14-22-19-6-4-3-5-18(17)19/h3-6,14-15,20,22H,7-13H2,1-2H3,(H,23,27)(H,24,26). The monoisotopic (exact) mass is 386 g/mol. The Labute approximate surface area is 165 Å². The highest BCUT2D eigenvalue weighted by Gasteiger charge is 2.23. The summed E-state index contributed by atoms with van der Waals surface area (Å²) >= 11 is 0. The summed E-state index contributed by atoms with van der Waals surface area (Å²) in [5.41, 5.74) is 2.05. The van der Waals surface area contributed by atoms with Crippen LogP contribution in [0, 0.1) is 0 Å². The van der Waals surface area contributed by atoms with E-state index in [9.17, 15) is 9.59 Å². The number of aromatic amines is 1. The number of rotatable bonds is 8. The molecule has 2 atom stereocenters. The van der Waals surface area contributed by atoms with Gasteiger partial charge in [-0.05, 0) is 25.0 Å². The molecule has 152 valence electrons. The highest BCUT2D eigenvalue weighted by Crippen LogP contribution is 2.19. The third-order valence-electron chi connectivity index (χ3n) is 5.16.